The van der Waals surface area contributed by atoms with Crippen molar-refractivity contribution in [3.8, 4) is 0 Å². The Labute approximate surface area is 142 Å². The molecule has 5 heteroatoms. The zero-order chi connectivity index (χ0) is 16.6. The first-order valence-electron chi connectivity index (χ1n) is 8.79. The maximum atomic E-state index is 11.9. The molecule has 5 nitrogen and oxygen atoms in total. The van der Waals surface area contributed by atoms with Crippen molar-refractivity contribution in [1.29, 1.82) is 0 Å². The van der Waals surface area contributed by atoms with Crippen molar-refractivity contribution in [3.63, 3.8) is 0 Å². The minimum atomic E-state index is -0.112. The second-order valence-corrected chi connectivity index (χ2v) is 6.20. The maximum Gasteiger partial charge on any atom is 0.314 e. The quantitative estimate of drug-likeness (QED) is 0.857. The van der Waals surface area contributed by atoms with Crippen LogP contribution in [0.15, 0.2) is 36.5 Å². The van der Waals surface area contributed by atoms with E-state index in [2.05, 4.69) is 33.8 Å². The SMILES string of the molecule is O=C(NCCc1cccc2cccnc12)NCC[C@@H]1CCCCO1. The molecule has 1 aromatic heterocycles. The fourth-order valence-electron chi connectivity index (χ4n) is 3.12. The lowest BCUT2D eigenvalue weighted by Crippen LogP contribution is -2.38. The summed E-state index contributed by atoms with van der Waals surface area (Å²) in [6.07, 6.45) is 7.27. The van der Waals surface area contributed by atoms with Crippen molar-refractivity contribution in [3.05, 3.63) is 42.1 Å². The third-order valence-corrected chi connectivity index (χ3v) is 4.42. The summed E-state index contributed by atoms with van der Waals surface area (Å²) in [5.41, 5.74) is 2.17. The van der Waals surface area contributed by atoms with Crippen LogP contribution in [-0.4, -0.2) is 36.8 Å². The number of carbonyl (C=O) groups is 1. The minimum Gasteiger partial charge on any atom is -0.378 e. The number of carbonyl (C=O) groups excluding carboxylic acids is 1. The van der Waals surface area contributed by atoms with Crippen LogP contribution in [0.5, 0.6) is 0 Å². The first-order chi connectivity index (χ1) is 11.8. The molecule has 24 heavy (non-hydrogen) atoms. The molecule has 1 aromatic carbocycles. The van der Waals surface area contributed by atoms with E-state index in [-0.39, 0.29) is 6.03 Å². The average Bonchev–Trinajstić information content (AvgIpc) is 2.63. The van der Waals surface area contributed by atoms with E-state index in [0.29, 0.717) is 19.2 Å². The molecule has 128 valence electrons. The zero-order valence-corrected chi connectivity index (χ0v) is 14.0. The minimum absolute atomic E-state index is 0.112. The number of pyridine rings is 1. The Morgan fingerprint density at radius 2 is 2.04 bits per heavy atom. The van der Waals surface area contributed by atoms with Gasteiger partial charge in [-0.2, -0.15) is 0 Å². The van der Waals surface area contributed by atoms with Gasteiger partial charge in [0.15, 0.2) is 0 Å². The highest BCUT2D eigenvalue weighted by atomic mass is 16.5. The highest BCUT2D eigenvalue weighted by Gasteiger charge is 2.13. The van der Waals surface area contributed by atoms with Gasteiger partial charge in [0.1, 0.15) is 0 Å². The zero-order valence-electron chi connectivity index (χ0n) is 14.0. The molecule has 2 heterocycles. The topological polar surface area (TPSA) is 63.2 Å². The summed E-state index contributed by atoms with van der Waals surface area (Å²) in [6, 6.07) is 10.0. The lowest BCUT2D eigenvalue weighted by atomic mass is 10.1. The summed E-state index contributed by atoms with van der Waals surface area (Å²) in [4.78, 5) is 16.3. The number of nitrogens with one attached hydrogen (secondary N) is 2. The van der Waals surface area contributed by atoms with Crippen LogP contribution in [0.1, 0.15) is 31.2 Å². The Bertz CT molecular complexity index is 663. The molecule has 0 radical (unpaired) electrons. The number of aromatic nitrogens is 1. The standard InChI is InChI=1S/C19H25N3O2/c23-19(22-13-10-17-8-1-2-14-24-17)21-12-9-16-6-3-5-15-7-4-11-20-18(15)16/h3-7,11,17H,1-2,8-10,12-14H2,(H2,21,22,23)/t17-/m0/s1. The molecule has 0 unspecified atom stereocenters. The van der Waals surface area contributed by atoms with Gasteiger partial charge < -0.3 is 15.4 Å². The molecule has 1 aliphatic heterocycles. The number of rotatable bonds is 6. The van der Waals surface area contributed by atoms with Crippen molar-refractivity contribution >= 4 is 16.9 Å². The van der Waals surface area contributed by atoms with E-state index in [0.717, 1.165) is 48.8 Å². The Hall–Kier alpha value is -2.14. The summed E-state index contributed by atoms with van der Waals surface area (Å²) in [5, 5.41) is 6.95. The summed E-state index contributed by atoms with van der Waals surface area (Å²) in [7, 11) is 0. The lowest BCUT2D eigenvalue weighted by molar-refractivity contribution is 0.0120. The van der Waals surface area contributed by atoms with E-state index in [1.807, 2.05) is 12.1 Å². The van der Waals surface area contributed by atoms with Crippen LogP contribution in [-0.2, 0) is 11.2 Å². The average molecular weight is 327 g/mol. The van der Waals surface area contributed by atoms with Crippen molar-refractivity contribution in [1.82, 2.24) is 15.6 Å². The smallest absolute Gasteiger partial charge is 0.314 e. The van der Waals surface area contributed by atoms with Gasteiger partial charge in [0.05, 0.1) is 11.6 Å². The Balaban J connectivity index is 1.38. The summed E-state index contributed by atoms with van der Waals surface area (Å²) in [5.74, 6) is 0. The van der Waals surface area contributed by atoms with E-state index in [1.54, 1.807) is 6.20 Å². The van der Waals surface area contributed by atoms with Gasteiger partial charge in [-0.05, 0) is 43.7 Å². The predicted molar refractivity (Wildman–Crippen MR) is 95.1 cm³/mol. The molecule has 0 aliphatic carbocycles. The monoisotopic (exact) mass is 327 g/mol. The molecule has 0 bridgehead atoms. The van der Waals surface area contributed by atoms with Crippen molar-refractivity contribution in [2.45, 2.75) is 38.2 Å². The molecule has 3 rings (SSSR count). The molecule has 2 aromatic rings. The van der Waals surface area contributed by atoms with Crippen LogP contribution < -0.4 is 10.6 Å². The second kappa shape index (κ2) is 8.64. The number of urea groups is 1. The largest absolute Gasteiger partial charge is 0.378 e. The molecule has 2 N–H and O–H groups in total. The number of nitrogens with zero attached hydrogens (tertiary/aromatic N) is 1. The second-order valence-electron chi connectivity index (χ2n) is 6.20. The summed E-state index contributed by atoms with van der Waals surface area (Å²) in [6.45, 7) is 2.11. The van der Waals surface area contributed by atoms with Crippen molar-refractivity contribution in [2.24, 2.45) is 0 Å². The van der Waals surface area contributed by atoms with Gasteiger partial charge in [0, 0.05) is 31.3 Å². The normalized spacial score (nSPS) is 17.6. The van der Waals surface area contributed by atoms with Gasteiger partial charge in [-0.15, -0.1) is 0 Å². The molecular weight excluding hydrogens is 302 g/mol. The van der Waals surface area contributed by atoms with E-state index in [4.69, 9.17) is 4.74 Å². The Morgan fingerprint density at radius 3 is 2.92 bits per heavy atom. The molecular formula is C19H25N3O2. The molecule has 1 aliphatic rings. The van der Waals surface area contributed by atoms with Gasteiger partial charge in [-0.3, -0.25) is 4.98 Å². The van der Waals surface area contributed by atoms with Crippen LogP contribution in [0.2, 0.25) is 0 Å². The van der Waals surface area contributed by atoms with Gasteiger partial charge in [-0.1, -0.05) is 24.3 Å². The van der Waals surface area contributed by atoms with Gasteiger partial charge >= 0.3 is 6.03 Å². The van der Waals surface area contributed by atoms with Gasteiger partial charge in [0.2, 0.25) is 0 Å². The van der Waals surface area contributed by atoms with E-state index >= 15 is 0 Å². The summed E-state index contributed by atoms with van der Waals surface area (Å²) >= 11 is 0. The van der Waals surface area contributed by atoms with Crippen molar-refractivity contribution in [2.75, 3.05) is 19.7 Å². The Kier molecular flexibility index (Phi) is 6.01. The van der Waals surface area contributed by atoms with Crippen LogP contribution >= 0.6 is 0 Å². The molecule has 1 saturated heterocycles. The molecule has 1 fully saturated rings. The molecule has 0 saturated carbocycles. The van der Waals surface area contributed by atoms with Crippen molar-refractivity contribution < 1.29 is 9.53 Å². The van der Waals surface area contributed by atoms with E-state index in [1.165, 1.54) is 6.42 Å². The highest BCUT2D eigenvalue weighted by molar-refractivity contribution is 5.81. The fourth-order valence-corrected chi connectivity index (χ4v) is 3.12. The van der Waals surface area contributed by atoms with Gasteiger partial charge in [-0.25, -0.2) is 4.79 Å². The van der Waals surface area contributed by atoms with Crippen LogP contribution in [0.25, 0.3) is 10.9 Å². The number of hydrogen-bond acceptors (Lipinski definition) is 3. The van der Waals surface area contributed by atoms with Crippen LogP contribution in [0.4, 0.5) is 4.79 Å². The number of ether oxygens (including phenoxy) is 1. The van der Waals surface area contributed by atoms with Gasteiger partial charge in [0.25, 0.3) is 0 Å². The first-order valence-corrected chi connectivity index (χ1v) is 8.79. The maximum absolute atomic E-state index is 11.9. The number of benzene rings is 1. The molecule has 1 atom stereocenters. The third-order valence-electron chi connectivity index (χ3n) is 4.42. The predicted octanol–water partition coefficient (Wildman–Crippen LogP) is 3.04. The number of fused-ring (bicyclic) bond motifs is 1. The van der Waals surface area contributed by atoms with Crippen LogP contribution in [0, 0.1) is 0 Å². The first kappa shape index (κ1) is 16.7. The molecule has 2 amide bonds. The number of amides is 2. The number of hydrogen-bond donors (Lipinski definition) is 2. The molecule has 0 spiro atoms. The highest BCUT2D eigenvalue weighted by Crippen LogP contribution is 2.16. The Morgan fingerprint density at radius 1 is 1.17 bits per heavy atom. The lowest BCUT2D eigenvalue weighted by Gasteiger charge is -2.22. The van der Waals surface area contributed by atoms with Crippen LogP contribution in [0.3, 0.4) is 0 Å². The summed E-state index contributed by atoms with van der Waals surface area (Å²) < 4.78 is 5.66. The number of para-hydroxylation sites is 1. The van der Waals surface area contributed by atoms with E-state index in [9.17, 15) is 4.79 Å². The fraction of sp³-hybridized carbons (Fsp3) is 0.474. The third kappa shape index (κ3) is 4.68. The van der Waals surface area contributed by atoms with E-state index < -0.39 is 0 Å².